The third-order valence-corrected chi connectivity index (χ3v) is 3.37. The van der Waals surface area contributed by atoms with Gasteiger partial charge in [0, 0.05) is 13.1 Å². The quantitative estimate of drug-likeness (QED) is 0.776. The van der Waals surface area contributed by atoms with Crippen LogP contribution in [0.3, 0.4) is 0 Å². The average Bonchev–Trinajstić information content (AvgIpc) is 2.94. The molecule has 1 aromatic heterocycles. The van der Waals surface area contributed by atoms with Gasteiger partial charge >= 0.3 is 0 Å². The van der Waals surface area contributed by atoms with Crippen molar-refractivity contribution >= 4 is 0 Å². The minimum Gasteiger partial charge on any atom is -0.294 e. The molecule has 0 saturated carbocycles. The van der Waals surface area contributed by atoms with Crippen LogP contribution in [-0.4, -0.2) is 33.4 Å². The summed E-state index contributed by atoms with van der Waals surface area (Å²) in [6.07, 6.45) is 3.97. The van der Waals surface area contributed by atoms with Crippen molar-refractivity contribution in [2.75, 3.05) is 18.1 Å². The first-order valence-electron chi connectivity index (χ1n) is 5.96. The Balaban J connectivity index is 1.65. The topological polar surface area (TPSA) is 46.8 Å². The molecule has 2 aromatic rings. The lowest BCUT2D eigenvalue weighted by Gasteiger charge is -2.32. The number of piperidine rings is 1. The van der Waals surface area contributed by atoms with E-state index in [-0.39, 0.29) is 0 Å². The molecule has 5 nitrogen and oxygen atoms in total. The third-order valence-electron chi connectivity index (χ3n) is 3.37. The zero-order valence-corrected chi connectivity index (χ0v) is 9.61. The van der Waals surface area contributed by atoms with E-state index in [0.717, 1.165) is 25.9 Å². The Bertz CT molecular complexity index is 445. The zero-order valence-electron chi connectivity index (χ0n) is 9.61. The second kappa shape index (κ2) is 4.53. The Labute approximate surface area is 100 Å². The largest absolute Gasteiger partial charge is 0.294 e. The maximum atomic E-state index is 3.92. The smallest absolute Gasteiger partial charge is 0.161 e. The highest BCUT2D eigenvalue weighted by atomic mass is 15.7. The maximum absolute atomic E-state index is 3.92. The first kappa shape index (κ1) is 10.3. The zero-order chi connectivity index (χ0) is 11.5. The molecule has 5 heteroatoms. The Kier molecular flexibility index (Phi) is 2.73. The number of hydrogen-bond donors (Lipinski definition) is 0. The second-order valence-corrected chi connectivity index (χ2v) is 4.37. The molecular weight excluding hydrogens is 214 g/mol. The lowest BCUT2D eigenvalue weighted by Crippen LogP contribution is -2.41. The average molecular weight is 229 g/mol. The summed E-state index contributed by atoms with van der Waals surface area (Å²) in [6.45, 7) is 2.01. The summed E-state index contributed by atoms with van der Waals surface area (Å²) >= 11 is 0. The van der Waals surface area contributed by atoms with E-state index < -0.39 is 0 Å². The van der Waals surface area contributed by atoms with E-state index in [1.807, 2.05) is 0 Å². The standard InChI is InChI=1S/C12H15N5/c1-2-4-11(5-3-1)12-6-8-16(9-7-12)17-10-13-14-15-17/h1-5,10,12H,6-9H2. The summed E-state index contributed by atoms with van der Waals surface area (Å²) in [6, 6.07) is 10.7. The van der Waals surface area contributed by atoms with Gasteiger partial charge in [-0.25, -0.2) is 0 Å². The summed E-state index contributed by atoms with van der Waals surface area (Å²) in [4.78, 5) is 1.74. The lowest BCUT2D eigenvalue weighted by molar-refractivity contribution is 0.407. The van der Waals surface area contributed by atoms with Crippen LogP contribution in [-0.2, 0) is 0 Å². The summed E-state index contributed by atoms with van der Waals surface area (Å²) < 4.78 is 0. The Morgan fingerprint density at radius 3 is 2.47 bits per heavy atom. The van der Waals surface area contributed by atoms with Gasteiger partial charge in [-0.05, 0) is 34.7 Å². The molecular formula is C12H15N5. The van der Waals surface area contributed by atoms with Crippen LogP contribution in [0.4, 0.5) is 0 Å². The molecule has 1 fully saturated rings. The van der Waals surface area contributed by atoms with Gasteiger partial charge < -0.3 is 0 Å². The van der Waals surface area contributed by atoms with E-state index >= 15 is 0 Å². The number of tetrazole rings is 1. The molecule has 0 unspecified atom stereocenters. The molecule has 0 aliphatic carbocycles. The maximum Gasteiger partial charge on any atom is 0.161 e. The molecule has 1 aliphatic rings. The van der Waals surface area contributed by atoms with Crippen LogP contribution in [0, 0.1) is 0 Å². The highest BCUT2D eigenvalue weighted by molar-refractivity contribution is 5.20. The van der Waals surface area contributed by atoms with Gasteiger partial charge in [-0.15, -0.1) is 9.89 Å². The first-order chi connectivity index (χ1) is 8.43. The van der Waals surface area contributed by atoms with Crippen molar-refractivity contribution in [3.8, 4) is 0 Å². The van der Waals surface area contributed by atoms with E-state index in [2.05, 4.69) is 50.9 Å². The van der Waals surface area contributed by atoms with Crippen molar-refractivity contribution in [3.05, 3.63) is 42.2 Å². The van der Waals surface area contributed by atoms with E-state index in [0.29, 0.717) is 5.92 Å². The number of hydrogen-bond acceptors (Lipinski definition) is 4. The van der Waals surface area contributed by atoms with E-state index in [9.17, 15) is 0 Å². The summed E-state index contributed by atoms with van der Waals surface area (Å²) in [7, 11) is 0. The normalized spacial score (nSPS) is 17.3. The summed E-state index contributed by atoms with van der Waals surface area (Å²) in [5.74, 6) is 0.670. The van der Waals surface area contributed by atoms with Gasteiger partial charge in [-0.1, -0.05) is 30.3 Å². The predicted octanol–water partition coefficient (Wildman–Crippen LogP) is 1.19. The molecule has 0 bridgehead atoms. The highest BCUT2D eigenvalue weighted by Gasteiger charge is 2.20. The molecule has 1 aliphatic heterocycles. The fourth-order valence-corrected chi connectivity index (χ4v) is 2.42. The van der Waals surface area contributed by atoms with Gasteiger partial charge in [0.2, 0.25) is 0 Å². The molecule has 0 radical (unpaired) electrons. The van der Waals surface area contributed by atoms with Crippen molar-refractivity contribution in [1.29, 1.82) is 0 Å². The first-order valence-corrected chi connectivity index (χ1v) is 5.96. The van der Waals surface area contributed by atoms with Gasteiger partial charge in [0.15, 0.2) is 6.33 Å². The van der Waals surface area contributed by atoms with E-state index in [4.69, 9.17) is 0 Å². The van der Waals surface area contributed by atoms with Crippen LogP contribution in [0.15, 0.2) is 36.7 Å². The highest BCUT2D eigenvalue weighted by Crippen LogP contribution is 2.26. The van der Waals surface area contributed by atoms with Gasteiger partial charge in [-0.2, -0.15) is 0 Å². The van der Waals surface area contributed by atoms with Crippen LogP contribution in [0.25, 0.3) is 0 Å². The lowest BCUT2D eigenvalue weighted by atomic mass is 9.90. The van der Waals surface area contributed by atoms with Crippen molar-refractivity contribution < 1.29 is 0 Å². The molecule has 2 heterocycles. The van der Waals surface area contributed by atoms with Crippen LogP contribution in [0.5, 0.6) is 0 Å². The van der Waals surface area contributed by atoms with Gasteiger partial charge in [0.05, 0.1) is 0 Å². The molecule has 0 N–H and O–H groups in total. The fourth-order valence-electron chi connectivity index (χ4n) is 2.42. The SMILES string of the molecule is c1ccc(C2CCN(n3cnnn3)CC2)cc1. The summed E-state index contributed by atoms with van der Waals surface area (Å²) in [5.41, 5.74) is 1.45. The van der Waals surface area contributed by atoms with Crippen LogP contribution >= 0.6 is 0 Å². The minimum absolute atomic E-state index is 0.670. The molecule has 3 rings (SSSR count). The molecule has 0 atom stereocenters. The molecule has 1 saturated heterocycles. The number of benzene rings is 1. The van der Waals surface area contributed by atoms with Crippen molar-refractivity contribution in [3.63, 3.8) is 0 Å². The molecule has 1 aromatic carbocycles. The molecule has 17 heavy (non-hydrogen) atoms. The molecule has 88 valence electrons. The van der Waals surface area contributed by atoms with Crippen molar-refractivity contribution in [2.45, 2.75) is 18.8 Å². The van der Waals surface area contributed by atoms with Gasteiger partial charge in [0.1, 0.15) is 0 Å². The monoisotopic (exact) mass is 229 g/mol. The van der Waals surface area contributed by atoms with Crippen molar-refractivity contribution in [1.82, 2.24) is 20.3 Å². The number of rotatable bonds is 2. The Hall–Kier alpha value is -1.91. The van der Waals surface area contributed by atoms with Crippen LogP contribution in [0.2, 0.25) is 0 Å². The van der Waals surface area contributed by atoms with Crippen LogP contribution in [0.1, 0.15) is 24.3 Å². The fraction of sp³-hybridized carbons (Fsp3) is 0.417. The third kappa shape index (κ3) is 2.13. The van der Waals surface area contributed by atoms with Crippen molar-refractivity contribution in [2.24, 2.45) is 0 Å². The predicted molar refractivity (Wildman–Crippen MR) is 64.2 cm³/mol. The summed E-state index contributed by atoms with van der Waals surface area (Å²) in [5, 5.41) is 13.4. The minimum atomic E-state index is 0.670. The van der Waals surface area contributed by atoms with Gasteiger partial charge in [0.25, 0.3) is 0 Å². The Morgan fingerprint density at radius 2 is 1.82 bits per heavy atom. The molecule has 0 spiro atoms. The van der Waals surface area contributed by atoms with Crippen LogP contribution < -0.4 is 5.01 Å². The van der Waals surface area contributed by atoms with E-state index in [1.165, 1.54) is 5.56 Å². The number of aromatic nitrogens is 4. The molecule has 0 amide bonds. The van der Waals surface area contributed by atoms with E-state index in [1.54, 1.807) is 11.1 Å². The number of nitrogens with zero attached hydrogens (tertiary/aromatic N) is 5. The second-order valence-electron chi connectivity index (χ2n) is 4.37. The Morgan fingerprint density at radius 1 is 1.06 bits per heavy atom. The van der Waals surface area contributed by atoms with Gasteiger partial charge in [-0.3, -0.25) is 5.01 Å².